The summed E-state index contributed by atoms with van der Waals surface area (Å²) in [5.41, 5.74) is -0.149. The molecule has 0 unspecified atom stereocenters. The first-order valence-electron chi connectivity index (χ1n) is 7.19. The van der Waals surface area contributed by atoms with Crippen molar-refractivity contribution in [1.82, 2.24) is 18.9 Å². The molecule has 1 amide bonds. The van der Waals surface area contributed by atoms with Gasteiger partial charge in [-0.3, -0.25) is 23.4 Å². The van der Waals surface area contributed by atoms with Crippen LogP contribution in [-0.2, 0) is 25.4 Å². The third-order valence-electron chi connectivity index (χ3n) is 3.52. The molecule has 2 aromatic rings. The van der Waals surface area contributed by atoms with Crippen molar-refractivity contribution < 1.29 is 4.79 Å². The average molecular weight is 319 g/mol. The van der Waals surface area contributed by atoms with E-state index in [2.05, 4.69) is 10.4 Å². The molecule has 0 atom stereocenters. The van der Waals surface area contributed by atoms with Gasteiger partial charge in [-0.05, 0) is 0 Å². The van der Waals surface area contributed by atoms with E-state index in [0.717, 1.165) is 4.57 Å². The number of anilines is 1. The zero-order valence-electron chi connectivity index (χ0n) is 14.0. The Morgan fingerprint density at radius 2 is 1.87 bits per heavy atom. The summed E-state index contributed by atoms with van der Waals surface area (Å²) in [6, 6.07) is 1.40. The summed E-state index contributed by atoms with van der Waals surface area (Å²) in [5.74, 6) is -0.113. The average Bonchev–Trinajstić information content (AvgIpc) is 2.88. The molecule has 0 aromatic carbocycles. The Balaban J connectivity index is 2.22. The Morgan fingerprint density at radius 1 is 1.22 bits per heavy atom. The number of rotatable bonds is 3. The van der Waals surface area contributed by atoms with Crippen LogP contribution in [0.5, 0.6) is 0 Å². The predicted octanol–water partition coefficient (Wildman–Crippen LogP) is 0.313. The number of aromatic nitrogens is 4. The van der Waals surface area contributed by atoms with E-state index in [1.807, 2.05) is 20.8 Å². The number of nitrogens with one attached hydrogen (secondary N) is 1. The van der Waals surface area contributed by atoms with Crippen LogP contribution in [0.25, 0.3) is 0 Å². The summed E-state index contributed by atoms with van der Waals surface area (Å²) in [6.07, 6.45) is 3.19. The second kappa shape index (κ2) is 5.86. The maximum Gasteiger partial charge on any atom is 0.330 e. The molecule has 23 heavy (non-hydrogen) atoms. The zero-order valence-corrected chi connectivity index (χ0v) is 14.0. The van der Waals surface area contributed by atoms with Gasteiger partial charge in [-0.25, -0.2) is 4.79 Å². The second-order valence-electron chi connectivity index (χ2n) is 6.51. The summed E-state index contributed by atoms with van der Waals surface area (Å²) in [4.78, 5) is 35.6. The van der Waals surface area contributed by atoms with Gasteiger partial charge in [-0.1, -0.05) is 20.8 Å². The van der Waals surface area contributed by atoms with Gasteiger partial charge in [0.05, 0.1) is 18.4 Å². The molecule has 0 aliphatic carbocycles. The fourth-order valence-corrected chi connectivity index (χ4v) is 1.93. The fourth-order valence-electron chi connectivity index (χ4n) is 1.93. The molecule has 2 aromatic heterocycles. The molecule has 0 aliphatic rings. The molecule has 2 rings (SSSR count). The van der Waals surface area contributed by atoms with Gasteiger partial charge in [0.1, 0.15) is 0 Å². The first-order valence-corrected chi connectivity index (χ1v) is 7.19. The topological polar surface area (TPSA) is 90.9 Å². The monoisotopic (exact) mass is 319 g/mol. The van der Waals surface area contributed by atoms with Crippen molar-refractivity contribution in [2.75, 3.05) is 5.32 Å². The molecule has 8 nitrogen and oxygen atoms in total. The first kappa shape index (κ1) is 16.7. The van der Waals surface area contributed by atoms with Crippen molar-refractivity contribution in [1.29, 1.82) is 0 Å². The maximum absolute atomic E-state index is 11.9. The van der Waals surface area contributed by atoms with E-state index in [9.17, 15) is 14.4 Å². The van der Waals surface area contributed by atoms with Gasteiger partial charge in [-0.2, -0.15) is 5.10 Å². The largest absolute Gasteiger partial charge is 0.330 e. The van der Waals surface area contributed by atoms with Gasteiger partial charge in [0.2, 0.25) is 5.91 Å². The molecule has 8 heteroatoms. The molecule has 0 bridgehead atoms. The molecule has 0 saturated carbocycles. The number of hydrogen-bond acceptors (Lipinski definition) is 4. The van der Waals surface area contributed by atoms with Crippen LogP contribution < -0.4 is 16.6 Å². The number of nitrogens with zero attached hydrogens (tertiary/aromatic N) is 4. The lowest BCUT2D eigenvalue weighted by atomic mass is 9.96. The van der Waals surface area contributed by atoms with Gasteiger partial charge in [0, 0.05) is 37.5 Å². The summed E-state index contributed by atoms with van der Waals surface area (Å²) in [5, 5.41) is 6.93. The SMILES string of the molecule is Cn1c(Cn2cc(NC(=O)C(C)(C)C)cn2)cc(=O)n(C)c1=O. The lowest BCUT2D eigenvalue weighted by molar-refractivity contribution is -0.123. The molecule has 0 spiro atoms. The Hall–Kier alpha value is -2.64. The van der Waals surface area contributed by atoms with Gasteiger partial charge in [-0.15, -0.1) is 0 Å². The standard InChI is InChI=1S/C15H21N5O3/c1-15(2,3)13(22)17-10-7-16-20(8-10)9-11-6-12(21)19(5)14(23)18(11)4/h6-8H,9H2,1-5H3,(H,17,22). The minimum Gasteiger partial charge on any atom is -0.323 e. The van der Waals surface area contributed by atoms with Gasteiger partial charge < -0.3 is 5.32 Å². The number of amides is 1. The highest BCUT2D eigenvalue weighted by molar-refractivity contribution is 5.94. The van der Waals surface area contributed by atoms with Gasteiger partial charge in [0.25, 0.3) is 5.56 Å². The van der Waals surface area contributed by atoms with Crippen LogP contribution >= 0.6 is 0 Å². The van der Waals surface area contributed by atoms with E-state index in [1.165, 1.54) is 23.9 Å². The minimum absolute atomic E-state index is 0.113. The molecule has 0 aliphatic heterocycles. The first-order chi connectivity index (χ1) is 10.6. The normalized spacial score (nSPS) is 11.5. The van der Waals surface area contributed by atoms with Gasteiger partial charge >= 0.3 is 5.69 Å². The number of carbonyl (C=O) groups is 1. The van der Waals surface area contributed by atoms with Crippen LogP contribution in [0.3, 0.4) is 0 Å². The van der Waals surface area contributed by atoms with Gasteiger partial charge in [0.15, 0.2) is 0 Å². The van der Waals surface area contributed by atoms with Crippen molar-refractivity contribution in [3.8, 4) is 0 Å². The summed E-state index contributed by atoms with van der Waals surface area (Å²) in [6.45, 7) is 5.72. The van der Waals surface area contributed by atoms with E-state index in [-0.39, 0.29) is 23.7 Å². The van der Waals surface area contributed by atoms with E-state index < -0.39 is 5.41 Å². The summed E-state index contributed by atoms with van der Waals surface area (Å²) in [7, 11) is 3.03. The zero-order chi connectivity index (χ0) is 17.4. The lowest BCUT2D eigenvalue weighted by Crippen LogP contribution is -2.38. The van der Waals surface area contributed by atoms with Crippen LogP contribution in [0, 0.1) is 5.41 Å². The Labute approximate surface area is 133 Å². The lowest BCUT2D eigenvalue weighted by Gasteiger charge is -2.16. The van der Waals surface area contributed by atoms with E-state index >= 15 is 0 Å². The van der Waals surface area contributed by atoms with Crippen molar-refractivity contribution in [2.45, 2.75) is 27.3 Å². The van der Waals surface area contributed by atoms with Crippen molar-refractivity contribution in [2.24, 2.45) is 19.5 Å². The molecular weight excluding hydrogens is 298 g/mol. The van der Waals surface area contributed by atoms with Crippen molar-refractivity contribution in [3.05, 3.63) is 45.0 Å². The summed E-state index contributed by atoms with van der Waals surface area (Å²) < 4.78 is 4.00. The molecule has 0 radical (unpaired) electrons. The van der Waals surface area contributed by atoms with E-state index in [4.69, 9.17) is 0 Å². The maximum atomic E-state index is 11.9. The van der Waals surface area contributed by atoms with Crippen LogP contribution in [0.4, 0.5) is 5.69 Å². The number of carbonyl (C=O) groups excluding carboxylic acids is 1. The highest BCUT2D eigenvalue weighted by Gasteiger charge is 2.21. The Kier molecular flexibility index (Phi) is 4.26. The molecule has 2 heterocycles. The quantitative estimate of drug-likeness (QED) is 0.881. The highest BCUT2D eigenvalue weighted by Crippen LogP contribution is 2.16. The van der Waals surface area contributed by atoms with E-state index in [1.54, 1.807) is 17.9 Å². The molecule has 1 N–H and O–H groups in total. The van der Waals surface area contributed by atoms with Crippen molar-refractivity contribution in [3.63, 3.8) is 0 Å². The number of hydrogen-bond donors (Lipinski definition) is 1. The molecule has 0 fully saturated rings. The third kappa shape index (κ3) is 3.58. The highest BCUT2D eigenvalue weighted by atomic mass is 16.2. The fraction of sp³-hybridized carbons (Fsp3) is 0.467. The Bertz CT molecular complexity index is 851. The third-order valence-corrected chi connectivity index (χ3v) is 3.52. The van der Waals surface area contributed by atoms with Crippen molar-refractivity contribution >= 4 is 11.6 Å². The Morgan fingerprint density at radius 3 is 2.48 bits per heavy atom. The smallest absolute Gasteiger partial charge is 0.323 e. The molecular formula is C15H21N5O3. The summed E-state index contributed by atoms with van der Waals surface area (Å²) >= 11 is 0. The second-order valence-corrected chi connectivity index (χ2v) is 6.51. The van der Waals surface area contributed by atoms with Crippen LogP contribution in [0.15, 0.2) is 28.0 Å². The van der Waals surface area contributed by atoms with Crippen LogP contribution in [-0.4, -0.2) is 24.8 Å². The van der Waals surface area contributed by atoms with Crippen LogP contribution in [0.1, 0.15) is 26.5 Å². The van der Waals surface area contributed by atoms with Crippen LogP contribution in [0.2, 0.25) is 0 Å². The molecule has 0 saturated heterocycles. The minimum atomic E-state index is -0.502. The van der Waals surface area contributed by atoms with E-state index in [0.29, 0.717) is 11.4 Å². The molecule has 124 valence electrons. The predicted molar refractivity (Wildman–Crippen MR) is 86.3 cm³/mol.